The van der Waals surface area contributed by atoms with E-state index in [9.17, 15) is 5.11 Å². The second kappa shape index (κ2) is 7.11. The van der Waals surface area contributed by atoms with E-state index in [1.807, 2.05) is 12.2 Å². The molecule has 1 N–H and O–H groups in total. The van der Waals surface area contributed by atoms with Crippen molar-refractivity contribution in [3.8, 4) is 12.3 Å². The fourth-order valence-corrected chi connectivity index (χ4v) is 0.648. The highest BCUT2D eigenvalue weighted by Crippen LogP contribution is 1.95. The Labute approximate surface area is 68.4 Å². The summed E-state index contributed by atoms with van der Waals surface area (Å²) in [7, 11) is 0. The molecule has 0 aliphatic carbocycles. The van der Waals surface area contributed by atoms with Crippen LogP contribution in [-0.4, -0.2) is 11.2 Å². The quantitative estimate of drug-likeness (QED) is 0.479. The third-order valence-corrected chi connectivity index (χ3v) is 1.19. The van der Waals surface area contributed by atoms with E-state index in [2.05, 4.69) is 12.8 Å². The molecule has 0 aromatic carbocycles. The van der Waals surface area contributed by atoms with Gasteiger partial charge in [0.2, 0.25) is 0 Å². The van der Waals surface area contributed by atoms with Crippen LogP contribution >= 0.6 is 0 Å². The van der Waals surface area contributed by atoms with Gasteiger partial charge in [-0.05, 0) is 25.0 Å². The molecule has 0 saturated heterocycles. The van der Waals surface area contributed by atoms with Gasteiger partial charge in [0.05, 0.1) is 6.10 Å². The van der Waals surface area contributed by atoms with E-state index in [4.69, 9.17) is 6.42 Å². The van der Waals surface area contributed by atoms with Crippen molar-refractivity contribution in [2.24, 2.45) is 0 Å². The molecule has 0 saturated carbocycles. The molecule has 0 spiro atoms. The van der Waals surface area contributed by atoms with Gasteiger partial charge in [0, 0.05) is 0 Å². The molecule has 60 valence electrons. The van der Waals surface area contributed by atoms with Crippen molar-refractivity contribution in [2.45, 2.75) is 25.9 Å². The SMILES string of the molecule is C#C/C=C/[C@H](O)C/C=C\CC. The third-order valence-electron chi connectivity index (χ3n) is 1.19. The summed E-state index contributed by atoms with van der Waals surface area (Å²) in [4.78, 5) is 0. The fourth-order valence-electron chi connectivity index (χ4n) is 0.648. The van der Waals surface area contributed by atoms with E-state index >= 15 is 0 Å². The lowest BCUT2D eigenvalue weighted by Gasteiger charge is -1.97. The highest BCUT2D eigenvalue weighted by atomic mass is 16.3. The van der Waals surface area contributed by atoms with Crippen LogP contribution in [-0.2, 0) is 0 Å². The molecule has 0 aliphatic heterocycles. The number of allylic oxidation sites excluding steroid dienone is 2. The minimum Gasteiger partial charge on any atom is -0.389 e. The molecule has 0 bridgehead atoms. The monoisotopic (exact) mass is 150 g/mol. The molecule has 1 nitrogen and oxygen atoms in total. The highest BCUT2D eigenvalue weighted by Gasteiger charge is 1.91. The highest BCUT2D eigenvalue weighted by molar-refractivity contribution is 5.11. The topological polar surface area (TPSA) is 20.2 Å². The molecule has 0 rings (SSSR count). The van der Waals surface area contributed by atoms with Crippen LogP contribution in [0.4, 0.5) is 0 Å². The van der Waals surface area contributed by atoms with Gasteiger partial charge in [-0.1, -0.05) is 25.0 Å². The molecule has 1 heteroatoms. The van der Waals surface area contributed by atoms with E-state index < -0.39 is 6.10 Å². The Kier molecular flexibility index (Phi) is 6.46. The second-order valence-electron chi connectivity index (χ2n) is 2.21. The van der Waals surface area contributed by atoms with Crippen molar-refractivity contribution in [3.63, 3.8) is 0 Å². The van der Waals surface area contributed by atoms with Crippen LogP contribution in [0.15, 0.2) is 24.3 Å². The molecule has 1 atom stereocenters. The molecule has 0 unspecified atom stereocenters. The van der Waals surface area contributed by atoms with E-state index in [-0.39, 0.29) is 0 Å². The van der Waals surface area contributed by atoms with Gasteiger partial charge < -0.3 is 5.11 Å². The van der Waals surface area contributed by atoms with Crippen LogP contribution in [0, 0.1) is 12.3 Å². The molecular formula is C10H14O. The number of aliphatic hydroxyl groups is 1. The Bertz CT molecular complexity index is 172. The summed E-state index contributed by atoms with van der Waals surface area (Å²) in [6.45, 7) is 2.06. The molecule has 0 aliphatic rings. The van der Waals surface area contributed by atoms with Crippen LogP contribution in [0.5, 0.6) is 0 Å². The van der Waals surface area contributed by atoms with Crippen LogP contribution < -0.4 is 0 Å². The second-order valence-corrected chi connectivity index (χ2v) is 2.21. The molecule has 0 fully saturated rings. The zero-order valence-corrected chi connectivity index (χ0v) is 6.83. The van der Waals surface area contributed by atoms with Gasteiger partial charge in [-0.15, -0.1) is 6.42 Å². The lowest BCUT2D eigenvalue weighted by Crippen LogP contribution is -1.98. The molecule has 11 heavy (non-hydrogen) atoms. The van der Waals surface area contributed by atoms with Crippen molar-refractivity contribution < 1.29 is 5.11 Å². The maximum atomic E-state index is 9.17. The largest absolute Gasteiger partial charge is 0.389 e. The molecule has 0 aromatic heterocycles. The molecular weight excluding hydrogens is 136 g/mol. The van der Waals surface area contributed by atoms with Gasteiger partial charge in [0.15, 0.2) is 0 Å². The standard InChI is InChI=1S/C10H14O/c1-3-5-7-9-10(11)8-6-4-2/h2,5-8,10-11H,3,9H2,1H3/b7-5-,8-6+/t10-/m0/s1. The van der Waals surface area contributed by atoms with Gasteiger partial charge in [-0.3, -0.25) is 0 Å². The average Bonchev–Trinajstić information content (AvgIpc) is 2.01. The summed E-state index contributed by atoms with van der Waals surface area (Å²) in [6.07, 6.45) is 13.3. The Morgan fingerprint density at radius 1 is 1.55 bits per heavy atom. The van der Waals surface area contributed by atoms with E-state index in [0.29, 0.717) is 6.42 Å². The van der Waals surface area contributed by atoms with Crippen LogP contribution in [0.1, 0.15) is 19.8 Å². The van der Waals surface area contributed by atoms with Crippen LogP contribution in [0.3, 0.4) is 0 Å². The Morgan fingerprint density at radius 3 is 2.82 bits per heavy atom. The minimum absolute atomic E-state index is 0.436. The average molecular weight is 150 g/mol. The lowest BCUT2D eigenvalue weighted by molar-refractivity contribution is 0.227. The lowest BCUT2D eigenvalue weighted by atomic mass is 10.2. The smallest absolute Gasteiger partial charge is 0.0764 e. The molecule has 0 aromatic rings. The van der Waals surface area contributed by atoms with Crippen molar-refractivity contribution in [3.05, 3.63) is 24.3 Å². The van der Waals surface area contributed by atoms with Gasteiger partial charge in [0.25, 0.3) is 0 Å². The first-order valence-corrected chi connectivity index (χ1v) is 3.77. The maximum absolute atomic E-state index is 9.17. The van der Waals surface area contributed by atoms with Crippen molar-refractivity contribution in [2.75, 3.05) is 0 Å². The summed E-state index contributed by atoms with van der Waals surface area (Å²) < 4.78 is 0. The number of hydrogen-bond acceptors (Lipinski definition) is 1. The number of hydrogen-bond donors (Lipinski definition) is 1. The van der Waals surface area contributed by atoms with Crippen molar-refractivity contribution in [1.29, 1.82) is 0 Å². The third kappa shape index (κ3) is 6.89. The Balaban J connectivity index is 3.54. The van der Waals surface area contributed by atoms with Gasteiger partial charge in [0.1, 0.15) is 0 Å². The number of aliphatic hydroxyl groups excluding tert-OH is 1. The summed E-state index contributed by atoms with van der Waals surface area (Å²) in [5.41, 5.74) is 0. The summed E-state index contributed by atoms with van der Waals surface area (Å²) in [5.74, 6) is 2.32. The predicted octanol–water partition coefficient (Wildman–Crippen LogP) is 1.89. The maximum Gasteiger partial charge on any atom is 0.0764 e. The van der Waals surface area contributed by atoms with Gasteiger partial charge in [-0.25, -0.2) is 0 Å². The summed E-state index contributed by atoms with van der Waals surface area (Å²) in [6, 6.07) is 0. The van der Waals surface area contributed by atoms with Crippen molar-refractivity contribution >= 4 is 0 Å². The van der Waals surface area contributed by atoms with Crippen LogP contribution in [0.25, 0.3) is 0 Å². The van der Waals surface area contributed by atoms with Gasteiger partial charge in [-0.2, -0.15) is 0 Å². The van der Waals surface area contributed by atoms with Gasteiger partial charge >= 0.3 is 0 Å². The fraction of sp³-hybridized carbons (Fsp3) is 0.400. The Hall–Kier alpha value is -1.00. The number of terminal acetylenes is 1. The first-order chi connectivity index (χ1) is 5.31. The van der Waals surface area contributed by atoms with E-state index in [0.717, 1.165) is 6.42 Å². The zero-order valence-electron chi connectivity index (χ0n) is 6.83. The first kappa shape index (κ1) is 10.0. The van der Waals surface area contributed by atoms with E-state index in [1.165, 1.54) is 6.08 Å². The molecule has 0 amide bonds. The zero-order chi connectivity index (χ0) is 8.53. The predicted molar refractivity (Wildman–Crippen MR) is 48.0 cm³/mol. The summed E-state index contributed by atoms with van der Waals surface area (Å²) >= 11 is 0. The summed E-state index contributed by atoms with van der Waals surface area (Å²) in [5, 5.41) is 9.17. The molecule has 0 heterocycles. The minimum atomic E-state index is -0.436. The van der Waals surface area contributed by atoms with Crippen LogP contribution in [0.2, 0.25) is 0 Å². The Morgan fingerprint density at radius 2 is 2.27 bits per heavy atom. The molecule has 0 radical (unpaired) electrons. The number of rotatable bonds is 4. The normalized spacial score (nSPS) is 13.9. The van der Waals surface area contributed by atoms with E-state index in [1.54, 1.807) is 6.08 Å². The van der Waals surface area contributed by atoms with Crippen molar-refractivity contribution in [1.82, 2.24) is 0 Å². The first-order valence-electron chi connectivity index (χ1n) is 3.77.